The molecule has 0 bridgehead atoms. The van der Waals surface area contributed by atoms with Crippen molar-refractivity contribution >= 4 is 11.7 Å². The standard InChI is InChI=1S/C16H11N3O3/c1-21-16(20)15-7-6-14(22-15)12-2-4-13(5-3-12)19-10-11(8-17)9-18/h2-7,10,19H,1H3. The number of nitrogens with one attached hydrogen (secondary N) is 1. The molecule has 0 unspecified atom stereocenters. The van der Waals surface area contributed by atoms with E-state index in [4.69, 9.17) is 14.9 Å². The van der Waals surface area contributed by atoms with Gasteiger partial charge in [-0.15, -0.1) is 0 Å². The molecule has 0 amide bonds. The minimum atomic E-state index is -0.532. The van der Waals surface area contributed by atoms with E-state index in [0.29, 0.717) is 11.4 Å². The number of nitriles is 2. The van der Waals surface area contributed by atoms with Crippen molar-refractivity contribution in [2.24, 2.45) is 0 Å². The van der Waals surface area contributed by atoms with Crippen molar-refractivity contribution < 1.29 is 13.9 Å². The van der Waals surface area contributed by atoms with Crippen molar-refractivity contribution in [3.8, 4) is 23.5 Å². The summed E-state index contributed by atoms with van der Waals surface area (Å²) in [6, 6.07) is 13.8. The molecule has 108 valence electrons. The van der Waals surface area contributed by atoms with Gasteiger partial charge in [0.15, 0.2) is 0 Å². The molecule has 0 spiro atoms. The first kappa shape index (κ1) is 14.9. The van der Waals surface area contributed by atoms with E-state index in [1.165, 1.54) is 13.3 Å². The average Bonchev–Trinajstić information content (AvgIpc) is 3.05. The monoisotopic (exact) mass is 293 g/mol. The van der Waals surface area contributed by atoms with E-state index in [2.05, 4.69) is 10.1 Å². The Morgan fingerprint density at radius 1 is 1.18 bits per heavy atom. The van der Waals surface area contributed by atoms with Crippen molar-refractivity contribution in [2.75, 3.05) is 12.4 Å². The van der Waals surface area contributed by atoms with Crippen LogP contribution in [0.3, 0.4) is 0 Å². The number of furan rings is 1. The first-order chi connectivity index (χ1) is 10.7. The molecule has 1 heterocycles. The van der Waals surface area contributed by atoms with Gasteiger partial charge < -0.3 is 14.5 Å². The highest BCUT2D eigenvalue weighted by molar-refractivity contribution is 5.87. The molecule has 1 N–H and O–H groups in total. The highest BCUT2D eigenvalue weighted by atomic mass is 16.5. The van der Waals surface area contributed by atoms with Crippen LogP contribution in [0, 0.1) is 22.7 Å². The normalized spacial score (nSPS) is 9.23. The van der Waals surface area contributed by atoms with Gasteiger partial charge in [0, 0.05) is 17.5 Å². The van der Waals surface area contributed by atoms with Gasteiger partial charge in [0.25, 0.3) is 0 Å². The van der Waals surface area contributed by atoms with Crippen LogP contribution in [0.2, 0.25) is 0 Å². The summed E-state index contributed by atoms with van der Waals surface area (Å²) in [4.78, 5) is 11.3. The second-order valence-corrected chi connectivity index (χ2v) is 4.16. The number of methoxy groups -OCH3 is 1. The maximum Gasteiger partial charge on any atom is 0.373 e. The topological polar surface area (TPSA) is 99.0 Å². The summed E-state index contributed by atoms with van der Waals surface area (Å²) in [7, 11) is 1.29. The highest BCUT2D eigenvalue weighted by Crippen LogP contribution is 2.24. The lowest BCUT2D eigenvalue weighted by atomic mass is 10.1. The zero-order valence-corrected chi connectivity index (χ0v) is 11.7. The van der Waals surface area contributed by atoms with Crippen molar-refractivity contribution in [1.82, 2.24) is 0 Å². The number of allylic oxidation sites excluding steroid dienone is 1. The molecule has 6 heteroatoms. The van der Waals surface area contributed by atoms with E-state index in [1.54, 1.807) is 48.5 Å². The van der Waals surface area contributed by atoms with Gasteiger partial charge in [0.05, 0.1) is 7.11 Å². The molecular weight excluding hydrogens is 282 g/mol. The molecule has 0 saturated carbocycles. The molecule has 1 aromatic heterocycles. The summed E-state index contributed by atoms with van der Waals surface area (Å²) < 4.78 is 9.98. The third-order valence-electron chi connectivity index (χ3n) is 2.79. The fraction of sp³-hybridized carbons (Fsp3) is 0.0625. The van der Waals surface area contributed by atoms with Gasteiger partial charge in [-0.1, -0.05) is 0 Å². The van der Waals surface area contributed by atoms with E-state index in [9.17, 15) is 4.79 Å². The Labute approximate surface area is 126 Å². The Balaban J connectivity index is 2.14. The van der Waals surface area contributed by atoms with Crippen LogP contribution in [-0.4, -0.2) is 13.1 Å². The molecule has 0 aliphatic rings. The molecule has 0 atom stereocenters. The van der Waals surface area contributed by atoms with Gasteiger partial charge in [-0.05, 0) is 36.4 Å². The third-order valence-corrected chi connectivity index (χ3v) is 2.79. The van der Waals surface area contributed by atoms with Gasteiger partial charge in [-0.2, -0.15) is 10.5 Å². The van der Waals surface area contributed by atoms with Crippen molar-refractivity contribution in [3.05, 3.63) is 53.9 Å². The number of esters is 1. The van der Waals surface area contributed by atoms with Gasteiger partial charge in [-0.25, -0.2) is 4.79 Å². The Kier molecular flexibility index (Phi) is 4.59. The minimum absolute atomic E-state index is 0.0159. The number of anilines is 1. The first-order valence-corrected chi connectivity index (χ1v) is 6.23. The fourth-order valence-corrected chi connectivity index (χ4v) is 1.68. The summed E-state index contributed by atoms with van der Waals surface area (Å²) in [6.45, 7) is 0. The Bertz CT molecular complexity index is 773. The molecule has 6 nitrogen and oxygen atoms in total. The largest absolute Gasteiger partial charge is 0.463 e. The van der Waals surface area contributed by atoms with Gasteiger partial charge in [0.1, 0.15) is 23.5 Å². The summed E-state index contributed by atoms with van der Waals surface area (Å²) in [5.74, 6) is 0.141. The maximum atomic E-state index is 11.3. The summed E-state index contributed by atoms with van der Waals surface area (Å²) in [5.41, 5.74) is 1.48. The number of ether oxygens (including phenoxy) is 1. The SMILES string of the molecule is COC(=O)c1ccc(-c2ccc(NC=C(C#N)C#N)cc2)o1. The van der Waals surface area contributed by atoms with Gasteiger partial charge in [0.2, 0.25) is 5.76 Å². The summed E-state index contributed by atoms with van der Waals surface area (Å²) in [6.07, 6.45) is 1.33. The zero-order valence-electron chi connectivity index (χ0n) is 11.7. The van der Waals surface area contributed by atoms with E-state index < -0.39 is 5.97 Å². The predicted molar refractivity (Wildman–Crippen MR) is 78.4 cm³/mol. The number of benzene rings is 1. The second-order valence-electron chi connectivity index (χ2n) is 4.16. The summed E-state index contributed by atoms with van der Waals surface area (Å²) >= 11 is 0. The van der Waals surface area contributed by atoms with E-state index in [1.807, 2.05) is 0 Å². The van der Waals surface area contributed by atoms with Crippen LogP contribution in [0.4, 0.5) is 5.69 Å². The quantitative estimate of drug-likeness (QED) is 0.687. The number of hydrogen-bond acceptors (Lipinski definition) is 6. The zero-order chi connectivity index (χ0) is 15.9. The lowest BCUT2D eigenvalue weighted by Crippen LogP contribution is -1.98. The minimum Gasteiger partial charge on any atom is -0.463 e. The number of carbonyl (C=O) groups is 1. The summed E-state index contributed by atoms with van der Waals surface area (Å²) in [5, 5.41) is 20.1. The number of rotatable bonds is 4. The van der Waals surface area contributed by atoms with Crippen LogP contribution in [0.1, 0.15) is 10.6 Å². The average molecular weight is 293 g/mol. The van der Waals surface area contributed by atoms with Crippen LogP contribution in [-0.2, 0) is 4.74 Å². The molecule has 0 saturated heterocycles. The van der Waals surface area contributed by atoms with E-state index in [-0.39, 0.29) is 11.3 Å². The van der Waals surface area contributed by atoms with Crippen molar-refractivity contribution in [2.45, 2.75) is 0 Å². The molecule has 22 heavy (non-hydrogen) atoms. The van der Waals surface area contributed by atoms with E-state index in [0.717, 1.165) is 5.56 Å². The van der Waals surface area contributed by atoms with Crippen LogP contribution < -0.4 is 5.32 Å². The molecule has 0 aliphatic heterocycles. The van der Waals surface area contributed by atoms with Crippen LogP contribution in [0.5, 0.6) is 0 Å². The molecule has 2 aromatic rings. The molecule has 0 radical (unpaired) electrons. The van der Waals surface area contributed by atoms with Gasteiger partial charge >= 0.3 is 5.97 Å². The predicted octanol–water partition coefficient (Wildman–Crippen LogP) is 3.08. The number of nitrogens with zero attached hydrogens (tertiary/aromatic N) is 2. The Morgan fingerprint density at radius 2 is 1.86 bits per heavy atom. The number of carbonyl (C=O) groups excluding carboxylic acids is 1. The molecule has 1 aromatic carbocycles. The lowest BCUT2D eigenvalue weighted by molar-refractivity contribution is 0.0566. The van der Waals surface area contributed by atoms with Crippen LogP contribution in [0.25, 0.3) is 11.3 Å². The van der Waals surface area contributed by atoms with Crippen molar-refractivity contribution in [3.63, 3.8) is 0 Å². The lowest BCUT2D eigenvalue weighted by Gasteiger charge is -2.02. The van der Waals surface area contributed by atoms with Crippen LogP contribution >= 0.6 is 0 Å². The van der Waals surface area contributed by atoms with Gasteiger partial charge in [-0.3, -0.25) is 0 Å². The number of hydrogen-bond donors (Lipinski definition) is 1. The molecule has 0 fully saturated rings. The fourth-order valence-electron chi connectivity index (χ4n) is 1.68. The molecule has 0 aliphatic carbocycles. The molecular formula is C16H11N3O3. The maximum absolute atomic E-state index is 11.3. The smallest absolute Gasteiger partial charge is 0.373 e. The second kappa shape index (κ2) is 6.78. The first-order valence-electron chi connectivity index (χ1n) is 6.23. The van der Waals surface area contributed by atoms with E-state index >= 15 is 0 Å². The molecule has 2 rings (SSSR count). The highest BCUT2D eigenvalue weighted by Gasteiger charge is 2.11. The Hall–Kier alpha value is -3.51. The Morgan fingerprint density at radius 3 is 2.45 bits per heavy atom. The van der Waals surface area contributed by atoms with Crippen LogP contribution in [0.15, 0.2) is 52.6 Å². The third kappa shape index (κ3) is 3.33. The van der Waals surface area contributed by atoms with Crippen molar-refractivity contribution in [1.29, 1.82) is 10.5 Å².